The number of amides is 1. The average Bonchev–Trinajstić information content (AvgIpc) is 2.76. The van der Waals surface area contributed by atoms with E-state index >= 15 is 0 Å². The Morgan fingerprint density at radius 1 is 1.32 bits per heavy atom. The Morgan fingerprint density at radius 2 is 2.05 bits per heavy atom. The third kappa shape index (κ3) is 6.12. The van der Waals surface area contributed by atoms with Crippen LogP contribution in [0, 0.1) is 6.92 Å². The van der Waals surface area contributed by atoms with Gasteiger partial charge in [0.15, 0.2) is 0 Å². The minimum atomic E-state index is 0.136. The molecule has 108 valence electrons. The topological polar surface area (TPSA) is 36.7 Å². The molecule has 0 N–H and O–H groups in total. The van der Waals surface area contributed by atoms with Crippen LogP contribution in [0.5, 0.6) is 0 Å². The number of halogens is 1. The lowest BCUT2D eigenvalue weighted by atomic mass is 10.2. The van der Waals surface area contributed by atoms with E-state index in [1.165, 1.54) is 0 Å². The Bertz CT molecular complexity index is 391. The van der Waals surface area contributed by atoms with Gasteiger partial charge in [0.25, 0.3) is 0 Å². The molecule has 0 aromatic carbocycles. The van der Waals surface area contributed by atoms with E-state index in [9.17, 15) is 4.79 Å². The summed E-state index contributed by atoms with van der Waals surface area (Å²) in [6, 6.07) is 3.84. The Kier molecular flexibility index (Phi) is 6.95. The molecule has 1 amide bonds. The molecule has 1 heterocycles. The summed E-state index contributed by atoms with van der Waals surface area (Å²) in [4.78, 5) is 16.0. The third-order valence-corrected chi connectivity index (χ3v) is 3.10. The molecule has 0 aliphatic rings. The Labute approximate surface area is 120 Å². The van der Waals surface area contributed by atoms with Gasteiger partial charge in [-0.15, -0.1) is 11.6 Å². The SMILES string of the molecule is Cc1ccc(CN(CCN(C)C)C(=O)CCCCl)o1. The maximum Gasteiger partial charge on any atom is 0.223 e. The summed E-state index contributed by atoms with van der Waals surface area (Å²) < 4.78 is 5.54. The number of carbonyl (C=O) groups is 1. The van der Waals surface area contributed by atoms with Crippen LogP contribution < -0.4 is 0 Å². The van der Waals surface area contributed by atoms with Gasteiger partial charge in [0.05, 0.1) is 6.54 Å². The van der Waals surface area contributed by atoms with Crippen molar-refractivity contribution in [1.29, 1.82) is 0 Å². The normalized spacial score (nSPS) is 11.0. The number of hydrogen-bond acceptors (Lipinski definition) is 3. The van der Waals surface area contributed by atoms with Gasteiger partial charge in [0, 0.05) is 25.4 Å². The zero-order chi connectivity index (χ0) is 14.3. The second-order valence-corrected chi connectivity index (χ2v) is 5.30. The van der Waals surface area contributed by atoms with E-state index < -0.39 is 0 Å². The van der Waals surface area contributed by atoms with Crippen molar-refractivity contribution in [1.82, 2.24) is 9.80 Å². The summed E-state index contributed by atoms with van der Waals surface area (Å²) in [5.41, 5.74) is 0. The first-order valence-electron chi connectivity index (χ1n) is 6.56. The number of hydrogen-bond donors (Lipinski definition) is 0. The number of aryl methyl sites for hydroxylation is 1. The standard InChI is InChI=1S/C14H23ClN2O2/c1-12-6-7-13(19-12)11-17(10-9-16(2)3)14(18)5-4-8-15/h6-7H,4-5,8-11H2,1-3H3. The lowest BCUT2D eigenvalue weighted by Crippen LogP contribution is -2.36. The van der Waals surface area contributed by atoms with Gasteiger partial charge in [0.2, 0.25) is 5.91 Å². The highest BCUT2D eigenvalue weighted by atomic mass is 35.5. The van der Waals surface area contributed by atoms with Crippen LogP contribution in [-0.4, -0.2) is 48.8 Å². The van der Waals surface area contributed by atoms with Crippen molar-refractivity contribution >= 4 is 17.5 Å². The summed E-state index contributed by atoms with van der Waals surface area (Å²) in [6.45, 7) is 3.98. The smallest absolute Gasteiger partial charge is 0.223 e. The van der Waals surface area contributed by atoms with E-state index in [-0.39, 0.29) is 5.91 Å². The average molecular weight is 287 g/mol. The van der Waals surface area contributed by atoms with Crippen LogP contribution in [0.1, 0.15) is 24.4 Å². The zero-order valence-corrected chi connectivity index (χ0v) is 12.7. The molecule has 0 atom stereocenters. The van der Waals surface area contributed by atoms with Crippen molar-refractivity contribution < 1.29 is 9.21 Å². The summed E-state index contributed by atoms with van der Waals surface area (Å²) in [5.74, 6) is 2.36. The molecule has 0 saturated heterocycles. The summed E-state index contributed by atoms with van der Waals surface area (Å²) in [6.07, 6.45) is 1.21. The molecule has 0 aliphatic heterocycles. The summed E-state index contributed by atoms with van der Waals surface area (Å²) >= 11 is 5.64. The Hall–Kier alpha value is -1.00. The van der Waals surface area contributed by atoms with Crippen molar-refractivity contribution in [2.24, 2.45) is 0 Å². The van der Waals surface area contributed by atoms with E-state index in [1.54, 1.807) is 0 Å². The van der Waals surface area contributed by atoms with Crippen LogP contribution in [0.2, 0.25) is 0 Å². The van der Waals surface area contributed by atoms with Crippen molar-refractivity contribution in [3.05, 3.63) is 23.7 Å². The first kappa shape index (κ1) is 16.1. The molecule has 19 heavy (non-hydrogen) atoms. The van der Waals surface area contributed by atoms with E-state index in [2.05, 4.69) is 4.90 Å². The van der Waals surface area contributed by atoms with Crippen molar-refractivity contribution in [2.45, 2.75) is 26.3 Å². The molecule has 5 heteroatoms. The fourth-order valence-corrected chi connectivity index (χ4v) is 1.88. The van der Waals surface area contributed by atoms with Gasteiger partial charge < -0.3 is 14.2 Å². The largest absolute Gasteiger partial charge is 0.464 e. The fourth-order valence-electron chi connectivity index (χ4n) is 1.75. The molecule has 0 bridgehead atoms. The Balaban J connectivity index is 2.59. The highest BCUT2D eigenvalue weighted by Gasteiger charge is 2.15. The van der Waals surface area contributed by atoms with E-state index in [0.717, 1.165) is 24.5 Å². The molecule has 1 rings (SSSR count). The van der Waals surface area contributed by atoms with Crippen LogP contribution >= 0.6 is 11.6 Å². The molecule has 0 radical (unpaired) electrons. The second-order valence-electron chi connectivity index (χ2n) is 4.92. The molecular formula is C14H23ClN2O2. The molecule has 0 saturated carbocycles. The number of alkyl halides is 1. The molecule has 0 spiro atoms. The van der Waals surface area contributed by atoms with E-state index in [1.807, 2.05) is 38.1 Å². The maximum atomic E-state index is 12.1. The number of carbonyl (C=O) groups excluding carboxylic acids is 1. The first-order chi connectivity index (χ1) is 9.02. The zero-order valence-electron chi connectivity index (χ0n) is 12.0. The molecule has 1 aromatic heterocycles. The van der Waals surface area contributed by atoms with Crippen molar-refractivity contribution in [3.8, 4) is 0 Å². The van der Waals surface area contributed by atoms with Crippen LogP contribution in [0.15, 0.2) is 16.5 Å². The quantitative estimate of drug-likeness (QED) is 0.689. The number of rotatable bonds is 8. The summed E-state index contributed by atoms with van der Waals surface area (Å²) in [7, 11) is 4.00. The third-order valence-electron chi connectivity index (χ3n) is 2.84. The van der Waals surface area contributed by atoms with Crippen LogP contribution in [0.25, 0.3) is 0 Å². The van der Waals surface area contributed by atoms with Crippen LogP contribution in [-0.2, 0) is 11.3 Å². The lowest BCUT2D eigenvalue weighted by molar-refractivity contribution is -0.132. The number of likely N-dealkylation sites (N-methyl/N-ethyl adjacent to an activating group) is 1. The van der Waals surface area contributed by atoms with Gasteiger partial charge in [-0.1, -0.05) is 0 Å². The Morgan fingerprint density at radius 3 is 2.58 bits per heavy atom. The minimum absolute atomic E-state index is 0.136. The van der Waals surface area contributed by atoms with Crippen molar-refractivity contribution in [3.63, 3.8) is 0 Å². The molecule has 1 aromatic rings. The fraction of sp³-hybridized carbons (Fsp3) is 0.643. The van der Waals surface area contributed by atoms with Gasteiger partial charge in [-0.2, -0.15) is 0 Å². The molecule has 0 unspecified atom stereocenters. The molecule has 0 aliphatic carbocycles. The summed E-state index contributed by atoms with van der Waals surface area (Å²) in [5, 5.41) is 0. The van der Waals surface area contributed by atoms with Gasteiger partial charge >= 0.3 is 0 Å². The first-order valence-corrected chi connectivity index (χ1v) is 7.10. The predicted octanol–water partition coefficient (Wildman–Crippen LogP) is 2.50. The van der Waals surface area contributed by atoms with Gasteiger partial charge in [0.1, 0.15) is 11.5 Å². The monoisotopic (exact) mass is 286 g/mol. The maximum absolute atomic E-state index is 12.1. The number of furan rings is 1. The van der Waals surface area contributed by atoms with Gasteiger partial charge in [-0.25, -0.2) is 0 Å². The number of nitrogens with zero attached hydrogens (tertiary/aromatic N) is 2. The molecule has 4 nitrogen and oxygen atoms in total. The highest BCUT2D eigenvalue weighted by molar-refractivity contribution is 6.17. The highest BCUT2D eigenvalue weighted by Crippen LogP contribution is 2.11. The predicted molar refractivity (Wildman–Crippen MR) is 77.4 cm³/mol. The lowest BCUT2D eigenvalue weighted by Gasteiger charge is -2.23. The van der Waals surface area contributed by atoms with Gasteiger partial charge in [-0.3, -0.25) is 4.79 Å². The second kappa shape index (κ2) is 8.23. The minimum Gasteiger partial charge on any atom is -0.464 e. The van der Waals surface area contributed by atoms with Gasteiger partial charge in [-0.05, 0) is 39.6 Å². The van der Waals surface area contributed by atoms with E-state index in [0.29, 0.717) is 25.4 Å². The molecule has 0 fully saturated rings. The van der Waals surface area contributed by atoms with Crippen LogP contribution in [0.3, 0.4) is 0 Å². The van der Waals surface area contributed by atoms with Crippen molar-refractivity contribution in [2.75, 3.05) is 33.1 Å². The molecular weight excluding hydrogens is 264 g/mol. The van der Waals surface area contributed by atoms with E-state index in [4.69, 9.17) is 16.0 Å². The van der Waals surface area contributed by atoms with Crippen LogP contribution in [0.4, 0.5) is 0 Å².